The van der Waals surface area contributed by atoms with Crippen molar-refractivity contribution >= 4 is 5.78 Å². The highest BCUT2D eigenvalue weighted by Crippen LogP contribution is 2.48. The van der Waals surface area contributed by atoms with Crippen LogP contribution in [0.25, 0.3) is 0 Å². The first-order chi connectivity index (χ1) is 9.34. The summed E-state index contributed by atoms with van der Waals surface area (Å²) >= 11 is 0. The lowest BCUT2D eigenvalue weighted by molar-refractivity contribution is -0.120. The third kappa shape index (κ3) is 2.93. The Bertz CT molecular complexity index is 544. The topological polar surface area (TPSA) is 17.1 Å². The van der Waals surface area contributed by atoms with Gasteiger partial charge in [0.1, 0.15) is 5.78 Å². The van der Waals surface area contributed by atoms with E-state index in [0.717, 1.165) is 12.8 Å². The highest BCUT2D eigenvalue weighted by Gasteiger charge is 2.42. The predicted molar refractivity (Wildman–Crippen MR) is 77.1 cm³/mol. The number of carbonyl (C=O) groups excluding carboxylic acids is 1. The normalized spacial score (nSPS) is 21.1. The van der Waals surface area contributed by atoms with Gasteiger partial charge in [0.25, 0.3) is 0 Å². The Morgan fingerprint density at radius 3 is 2.26 bits per heavy atom. The Morgan fingerprint density at radius 2 is 1.58 bits per heavy atom. The van der Waals surface area contributed by atoms with Gasteiger partial charge in [-0.25, -0.2) is 0 Å². The molecule has 0 radical (unpaired) electrons. The first-order valence-electron chi connectivity index (χ1n) is 6.96. The third-order valence-electron chi connectivity index (χ3n) is 3.93. The van der Waals surface area contributed by atoms with Crippen molar-refractivity contribution in [1.82, 2.24) is 0 Å². The third-order valence-corrected chi connectivity index (χ3v) is 3.93. The molecule has 1 fully saturated rings. The number of carbonyl (C=O) groups is 1. The number of Topliss-reactive ketones (excluding diaryl/α,β-unsaturated/α-hetero) is 1. The zero-order valence-corrected chi connectivity index (χ0v) is 11.0. The number of ketones is 1. The van der Waals surface area contributed by atoms with E-state index in [0.29, 0.717) is 18.1 Å². The molecule has 2 unspecified atom stereocenters. The SMILES string of the molecule is O=C(CCc1ccccc1)C1CC1c1ccccc1. The van der Waals surface area contributed by atoms with E-state index in [2.05, 4.69) is 36.4 Å². The van der Waals surface area contributed by atoms with Gasteiger partial charge < -0.3 is 0 Å². The Hall–Kier alpha value is -1.89. The highest BCUT2D eigenvalue weighted by molar-refractivity contribution is 5.85. The van der Waals surface area contributed by atoms with Crippen LogP contribution in [0.4, 0.5) is 0 Å². The molecule has 0 N–H and O–H groups in total. The second-order valence-electron chi connectivity index (χ2n) is 5.31. The van der Waals surface area contributed by atoms with Crippen molar-refractivity contribution in [2.24, 2.45) is 5.92 Å². The van der Waals surface area contributed by atoms with Crippen LogP contribution < -0.4 is 0 Å². The van der Waals surface area contributed by atoms with Gasteiger partial charge in [-0.1, -0.05) is 60.7 Å². The van der Waals surface area contributed by atoms with Crippen LogP contribution in [0.1, 0.15) is 29.9 Å². The fraction of sp³-hybridized carbons (Fsp3) is 0.278. The zero-order valence-electron chi connectivity index (χ0n) is 11.0. The van der Waals surface area contributed by atoms with E-state index in [9.17, 15) is 4.79 Å². The van der Waals surface area contributed by atoms with E-state index >= 15 is 0 Å². The second-order valence-corrected chi connectivity index (χ2v) is 5.31. The molecule has 96 valence electrons. The summed E-state index contributed by atoms with van der Waals surface area (Å²) in [5.74, 6) is 1.17. The molecule has 0 aromatic heterocycles. The van der Waals surface area contributed by atoms with E-state index in [1.807, 2.05) is 24.3 Å². The van der Waals surface area contributed by atoms with Crippen LogP contribution in [0.5, 0.6) is 0 Å². The van der Waals surface area contributed by atoms with E-state index in [1.54, 1.807) is 0 Å². The second kappa shape index (κ2) is 5.40. The van der Waals surface area contributed by atoms with Gasteiger partial charge in [-0.3, -0.25) is 4.79 Å². The standard InChI is InChI=1S/C18H18O/c19-18(12-11-14-7-3-1-4-8-14)17-13-16(17)15-9-5-2-6-10-15/h1-10,16-17H,11-13H2. The molecule has 0 saturated heterocycles. The van der Waals surface area contributed by atoms with E-state index in [4.69, 9.17) is 0 Å². The fourth-order valence-electron chi connectivity index (χ4n) is 2.72. The summed E-state index contributed by atoms with van der Waals surface area (Å²) in [5.41, 5.74) is 2.58. The molecule has 19 heavy (non-hydrogen) atoms. The molecule has 0 aliphatic heterocycles. The van der Waals surface area contributed by atoms with Crippen molar-refractivity contribution in [3.8, 4) is 0 Å². The summed E-state index contributed by atoms with van der Waals surface area (Å²) < 4.78 is 0. The average Bonchev–Trinajstić information content (AvgIpc) is 3.27. The number of hydrogen-bond acceptors (Lipinski definition) is 1. The molecular weight excluding hydrogens is 232 g/mol. The largest absolute Gasteiger partial charge is 0.299 e. The van der Waals surface area contributed by atoms with Crippen LogP contribution in [-0.4, -0.2) is 5.78 Å². The van der Waals surface area contributed by atoms with Crippen LogP contribution >= 0.6 is 0 Å². The van der Waals surface area contributed by atoms with Crippen LogP contribution in [0.15, 0.2) is 60.7 Å². The van der Waals surface area contributed by atoms with Crippen LogP contribution in [0.3, 0.4) is 0 Å². The average molecular weight is 250 g/mol. The molecule has 2 atom stereocenters. The molecule has 1 aliphatic carbocycles. The molecule has 3 rings (SSSR count). The summed E-state index contributed by atoms with van der Waals surface area (Å²) in [5, 5.41) is 0. The van der Waals surface area contributed by atoms with Gasteiger partial charge in [-0.15, -0.1) is 0 Å². The predicted octanol–water partition coefficient (Wildman–Crippen LogP) is 3.99. The van der Waals surface area contributed by atoms with Crippen molar-refractivity contribution in [2.75, 3.05) is 0 Å². The molecule has 1 aliphatic rings. The molecule has 0 spiro atoms. The molecule has 2 aromatic carbocycles. The van der Waals surface area contributed by atoms with Gasteiger partial charge in [0, 0.05) is 12.3 Å². The zero-order chi connectivity index (χ0) is 13.1. The minimum absolute atomic E-state index is 0.270. The van der Waals surface area contributed by atoms with Gasteiger partial charge in [0.15, 0.2) is 0 Å². The Labute approximate surface area is 114 Å². The maximum Gasteiger partial charge on any atom is 0.136 e. The molecule has 0 amide bonds. The van der Waals surface area contributed by atoms with E-state index in [1.165, 1.54) is 11.1 Å². The molecule has 1 heteroatoms. The van der Waals surface area contributed by atoms with Gasteiger partial charge in [-0.2, -0.15) is 0 Å². The number of rotatable bonds is 5. The summed E-state index contributed by atoms with van der Waals surface area (Å²) in [6.45, 7) is 0. The van der Waals surface area contributed by atoms with Crippen LogP contribution in [0.2, 0.25) is 0 Å². The maximum absolute atomic E-state index is 12.2. The summed E-state index contributed by atoms with van der Waals surface area (Å²) in [6.07, 6.45) is 2.59. The minimum atomic E-state index is 0.270. The molecular formula is C18H18O. The molecule has 1 saturated carbocycles. The highest BCUT2D eigenvalue weighted by atomic mass is 16.1. The smallest absolute Gasteiger partial charge is 0.136 e. The first-order valence-corrected chi connectivity index (χ1v) is 6.96. The molecule has 1 nitrogen and oxygen atoms in total. The van der Waals surface area contributed by atoms with Gasteiger partial charge in [0.05, 0.1) is 0 Å². The monoisotopic (exact) mass is 250 g/mol. The van der Waals surface area contributed by atoms with E-state index < -0.39 is 0 Å². The van der Waals surface area contributed by atoms with Gasteiger partial charge in [-0.05, 0) is 29.9 Å². The summed E-state index contributed by atoms with van der Waals surface area (Å²) in [4.78, 5) is 12.2. The number of aryl methyl sites for hydroxylation is 1. The van der Waals surface area contributed by atoms with Crippen LogP contribution in [0, 0.1) is 5.92 Å². The minimum Gasteiger partial charge on any atom is -0.299 e. The Balaban J connectivity index is 1.53. The lowest BCUT2D eigenvalue weighted by atomic mass is 10.0. The van der Waals surface area contributed by atoms with Crippen LogP contribution in [-0.2, 0) is 11.2 Å². The van der Waals surface area contributed by atoms with Gasteiger partial charge in [0.2, 0.25) is 0 Å². The Morgan fingerprint density at radius 1 is 0.947 bits per heavy atom. The van der Waals surface area contributed by atoms with Gasteiger partial charge >= 0.3 is 0 Å². The van der Waals surface area contributed by atoms with E-state index in [-0.39, 0.29) is 5.92 Å². The van der Waals surface area contributed by atoms with Crippen molar-refractivity contribution in [2.45, 2.75) is 25.2 Å². The number of hydrogen-bond donors (Lipinski definition) is 0. The van der Waals surface area contributed by atoms with Crippen molar-refractivity contribution in [3.05, 3.63) is 71.8 Å². The quantitative estimate of drug-likeness (QED) is 0.784. The maximum atomic E-state index is 12.2. The molecule has 0 heterocycles. The lowest BCUT2D eigenvalue weighted by Gasteiger charge is -2.02. The Kier molecular flexibility index (Phi) is 3.45. The number of benzene rings is 2. The van der Waals surface area contributed by atoms with Crippen molar-refractivity contribution in [3.63, 3.8) is 0 Å². The molecule has 0 bridgehead atoms. The lowest BCUT2D eigenvalue weighted by Crippen LogP contribution is -2.04. The summed E-state index contributed by atoms with van der Waals surface area (Å²) in [7, 11) is 0. The van der Waals surface area contributed by atoms with Crippen molar-refractivity contribution in [1.29, 1.82) is 0 Å². The van der Waals surface area contributed by atoms with Crippen molar-refractivity contribution < 1.29 is 4.79 Å². The first kappa shape index (κ1) is 12.2. The summed E-state index contributed by atoms with van der Waals surface area (Å²) in [6, 6.07) is 20.7. The fourth-order valence-corrected chi connectivity index (χ4v) is 2.72. The molecule has 2 aromatic rings.